The van der Waals surface area contributed by atoms with E-state index in [-0.39, 0.29) is 13.0 Å². The second-order valence-corrected chi connectivity index (χ2v) is 4.40. The number of rotatable bonds is 4. The third-order valence-electron chi connectivity index (χ3n) is 2.82. The summed E-state index contributed by atoms with van der Waals surface area (Å²) < 4.78 is 15.2. The van der Waals surface area contributed by atoms with E-state index >= 15 is 0 Å². The number of aromatic nitrogens is 2. The molecule has 0 saturated carbocycles. The number of carbonyl (C=O) groups is 1. The Hall–Kier alpha value is -2.63. The average Bonchev–Trinajstić information content (AvgIpc) is 3.04. The van der Waals surface area contributed by atoms with Gasteiger partial charge in [0.1, 0.15) is 5.69 Å². The van der Waals surface area contributed by atoms with Crippen molar-refractivity contribution in [2.24, 2.45) is 0 Å². The molecule has 0 bridgehead atoms. The molecule has 6 nitrogen and oxygen atoms in total. The first-order valence-electron chi connectivity index (χ1n) is 6.13. The summed E-state index contributed by atoms with van der Waals surface area (Å²) >= 11 is 0. The van der Waals surface area contributed by atoms with Crippen LogP contribution in [0, 0.1) is 6.92 Å². The van der Waals surface area contributed by atoms with Crippen LogP contribution in [0.2, 0.25) is 0 Å². The third-order valence-corrected chi connectivity index (χ3v) is 2.82. The van der Waals surface area contributed by atoms with Crippen LogP contribution in [-0.2, 0) is 22.6 Å². The van der Waals surface area contributed by atoms with Gasteiger partial charge in [0.15, 0.2) is 18.0 Å². The van der Waals surface area contributed by atoms with Gasteiger partial charge < -0.3 is 13.8 Å². The second-order valence-electron chi connectivity index (χ2n) is 4.40. The van der Waals surface area contributed by atoms with Gasteiger partial charge in [0.25, 0.3) is 0 Å². The maximum absolute atomic E-state index is 11.8. The van der Waals surface area contributed by atoms with Crippen molar-refractivity contribution in [1.82, 2.24) is 10.3 Å². The van der Waals surface area contributed by atoms with Crippen LogP contribution in [0.1, 0.15) is 17.1 Å². The molecule has 0 aliphatic heterocycles. The van der Waals surface area contributed by atoms with Crippen LogP contribution in [-0.4, -0.2) is 16.3 Å². The monoisotopic (exact) mass is 272 g/mol. The van der Waals surface area contributed by atoms with Gasteiger partial charge >= 0.3 is 5.97 Å². The lowest BCUT2D eigenvalue weighted by molar-refractivity contribution is -0.144. The zero-order valence-corrected chi connectivity index (χ0v) is 10.8. The fourth-order valence-electron chi connectivity index (χ4n) is 1.89. The molecule has 0 fully saturated rings. The fourth-order valence-corrected chi connectivity index (χ4v) is 1.89. The topological polar surface area (TPSA) is 78.4 Å². The molecule has 20 heavy (non-hydrogen) atoms. The maximum Gasteiger partial charge on any atom is 0.312 e. The van der Waals surface area contributed by atoms with Gasteiger partial charge in [-0.15, -0.1) is 0 Å². The number of hydrogen-bond acceptors (Lipinski definition) is 6. The molecule has 6 heteroatoms. The predicted octanol–water partition coefficient (Wildman–Crippen LogP) is 2.41. The fraction of sp³-hybridized carbons (Fsp3) is 0.214. The van der Waals surface area contributed by atoms with Crippen molar-refractivity contribution in [2.75, 3.05) is 0 Å². The van der Waals surface area contributed by atoms with Crippen LogP contribution in [0.4, 0.5) is 0 Å². The molecule has 102 valence electrons. The van der Waals surface area contributed by atoms with Gasteiger partial charge in [-0.3, -0.25) is 4.79 Å². The van der Waals surface area contributed by atoms with Crippen molar-refractivity contribution in [2.45, 2.75) is 20.0 Å². The zero-order valence-electron chi connectivity index (χ0n) is 10.8. The minimum absolute atomic E-state index is 0.0597. The number of ether oxygens (including phenoxy) is 1. The van der Waals surface area contributed by atoms with E-state index < -0.39 is 5.97 Å². The molecule has 3 aromatic rings. The highest BCUT2D eigenvalue weighted by atomic mass is 16.5. The summed E-state index contributed by atoms with van der Waals surface area (Å²) in [6, 6.07) is 9.09. The summed E-state index contributed by atoms with van der Waals surface area (Å²) in [5.74, 6) is 0.124. The van der Waals surface area contributed by atoms with Crippen LogP contribution in [0.25, 0.3) is 11.0 Å². The number of aryl methyl sites for hydroxylation is 1. The number of fused-ring (bicyclic) bond motifs is 1. The smallest absolute Gasteiger partial charge is 0.312 e. The molecule has 0 aliphatic rings. The summed E-state index contributed by atoms with van der Waals surface area (Å²) in [6.45, 7) is 1.87. The van der Waals surface area contributed by atoms with Crippen molar-refractivity contribution in [3.8, 4) is 0 Å². The van der Waals surface area contributed by atoms with E-state index in [1.807, 2.05) is 18.2 Å². The molecule has 0 saturated heterocycles. The zero-order chi connectivity index (χ0) is 13.9. The molecule has 0 radical (unpaired) electrons. The van der Waals surface area contributed by atoms with Gasteiger partial charge in [0, 0.05) is 11.5 Å². The Kier molecular flexibility index (Phi) is 3.20. The Labute approximate surface area is 114 Å². The summed E-state index contributed by atoms with van der Waals surface area (Å²) in [5, 5.41) is 8.42. The third kappa shape index (κ3) is 2.54. The molecule has 0 atom stereocenters. The normalized spacial score (nSPS) is 10.8. The Morgan fingerprint density at radius 1 is 1.25 bits per heavy atom. The SMILES string of the molecule is Cc1cc(COC(=O)Cc2noc3ccccc23)on1. The summed E-state index contributed by atoms with van der Waals surface area (Å²) in [7, 11) is 0. The van der Waals surface area contributed by atoms with E-state index in [0.717, 1.165) is 11.1 Å². The first-order valence-corrected chi connectivity index (χ1v) is 6.13. The maximum atomic E-state index is 11.8. The number of esters is 1. The number of hydrogen-bond donors (Lipinski definition) is 0. The summed E-state index contributed by atoms with van der Waals surface area (Å²) in [6.07, 6.45) is 0.0597. The Morgan fingerprint density at radius 3 is 2.90 bits per heavy atom. The van der Waals surface area contributed by atoms with Crippen LogP contribution < -0.4 is 0 Å². The van der Waals surface area contributed by atoms with E-state index in [0.29, 0.717) is 17.0 Å². The van der Waals surface area contributed by atoms with E-state index in [1.54, 1.807) is 19.1 Å². The lowest BCUT2D eigenvalue weighted by Gasteiger charge is -2.00. The van der Waals surface area contributed by atoms with Crippen molar-refractivity contribution in [1.29, 1.82) is 0 Å². The predicted molar refractivity (Wildman–Crippen MR) is 68.7 cm³/mol. The summed E-state index contributed by atoms with van der Waals surface area (Å²) in [4.78, 5) is 11.8. The number of benzene rings is 1. The Bertz CT molecular complexity index is 744. The van der Waals surface area contributed by atoms with Crippen LogP contribution in [0.5, 0.6) is 0 Å². The van der Waals surface area contributed by atoms with Gasteiger partial charge in [0.2, 0.25) is 0 Å². The van der Waals surface area contributed by atoms with E-state index in [2.05, 4.69) is 10.3 Å². The van der Waals surface area contributed by atoms with Crippen molar-refractivity contribution in [3.05, 3.63) is 47.5 Å². The molecule has 3 rings (SSSR count). The van der Waals surface area contributed by atoms with E-state index in [9.17, 15) is 4.79 Å². The molecular formula is C14H12N2O4. The molecule has 0 unspecified atom stereocenters. The lowest BCUT2D eigenvalue weighted by Crippen LogP contribution is -2.08. The molecule has 0 N–H and O–H groups in total. The Balaban J connectivity index is 1.64. The minimum atomic E-state index is -0.391. The molecule has 0 amide bonds. The van der Waals surface area contributed by atoms with Crippen LogP contribution >= 0.6 is 0 Å². The highest BCUT2D eigenvalue weighted by molar-refractivity contribution is 5.84. The van der Waals surface area contributed by atoms with Gasteiger partial charge in [0.05, 0.1) is 12.1 Å². The first kappa shape index (κ1) is 12.4. The quantitative estimate of drug-likeness (QED) is 0.679. The molecule has 2 heterocycles. The summed E-state index contributed by atoms with van der Waals surface area (Å²) in [5.41, 5.74) is 1.97. The molecular weight excluding hydrogens is 260 g/mol. The van der Waals surface area contributed by atoms with Gasteiger partial charge in [-0.25, -0.2) is 0 Å². The van der Waals surface area contributed by atoms with Gasteiger partial charge in [-0.1, -0.05) is 22.4 Å². The number of para-hydroxylation sites is 1. The standard InChI is InChI=1S/C14H12N2O4/c1-9-6-10(19-15-9)8-18-14(17)7-12-11-4-2-3-5-13(11)20-16-12/h2-6H,7-8H2,1H3. The molecule has 2 aromatic heterocycles. The lowest BCUT2D eigenvalue weighted by atomic mass is 10.2. The number of nitrogens with zero attached hydrogens (tertiary/aromatic N) is 2. The average molecular weight is 272 g/mol. The van der Waals surface area contributed by atoms with Gasteiger partial charge in [-0.05, 0) is 19.1 Å². The molecule has 1 aromatic carbocycles. The van der Waals surface area contributed by atoms with Crippen LogP contribution in [0.15, 0.2) is 39.4 Å². The van der Waals surface area contributed by atoms with E-state index in [1.165, 1.54) is 0 Å². The highest BCUT2D eigenvalue weighted by Gasteiger charge is 2.13. The number of carbonyl (C=O) groups excluding carboxylic acids is 1. The van der Waals surface area contributed by atoms with Crippen molar-refractivity contribution in [3.63, 3.8) is 0 Å². The van der Waals surface area contributed by atoms with Crippen molar-refractivity contribution >= 4 is 16.9 Å². The Morgan fingerprint density at radius 2 is 2.10 bits per heavy atom. The highest BCUT2D eigenvalue weighted by Crippen LogP contribution is 2.18. The van der Waals surface area contributed by atoms with Gasteiger partial charge in [-0.2, -0.15) is 0 Å². The second kappa shape index (κ2) is 5.16. The largest absolute Gasteiger partial charge is 0.457 e. The van der Waals surface area contributed by atoms with Crippen LogP contribution in [0.3, 0.4) is 0 Å². The molecule has 0 spiro atoms. The first-order chi connectivity index (χ1) is 9.72. The van der Waals surface area contributed by atoms with E-state index in [4.69, 9.17) is 13.8 Å². The van der Waals surface area contributed by atoms with Crippen molar-refractivity contribution < 1.29 is 18.6 Å². The minimum Gasteiger partial charge on any atom is -0.457 e. The molecule has 0 aliphatic carbocycles.